The van der Waals surface area contributed by atoms with Crippen molar-refractivity contribution in [3.8, 4) is 5.75 Å². The molecule has 0 radical (unpaired) electrons. The Hall–Kier alpha value is -3.19. The first-order valence-corrected chi connectivity index (χ1v) is 14.9. The van der Waals surface area contributed by atoms with E-state index in [1.165, 1.54) is 11.1 Å². The number of hydrogen-bond donors (Lipinski definition) is 0. The SMILES string of the molecule is O=c1c2cc(Br)ccc2nc(C2CCCCC2)n1N=Cc1c(OCc2ccc(Cl)c(Cl)c2)ccc2ccccc12. The molecule has 0 N–H and O–H groups in total. The fourth-order valence-corrected chi connectivity index (χ4v) is 6.02. The van der Waals surface area contributed by atoms with Gasteiger partial charge in [0.25, 0.3) is 5.56 Å². The first-order valence-electron chi connectivity index (χ1n) is 13.3. The van der Waals surface area contributed by atoms with Crippen molar-refractivity contribution in [1.29, 1.82) is 0 Å². The average Bonchev–Trinajstić information content (AvgIpc) is 2.98. The monoisotopic (exact) mass is 633 g/mol. The summed E-state index contributed by atoms with van der Waals surface area (Å²) in [5.74, 6) is 1.55. The summed E-state index contributed by atoms with van der Waals surface area (Å²) in [6.45, 7) is 0.300. The predicted molar refractivity (Wildman–Crippen MR) is 167 cm³/mol. The van der Waals surface area contributed by atoms with Crippen molar-refractivity contribution in [2.24, 2.45) is 5.10 Å². The molecule has 6 rings (SSSR count). The number of nitrogens with zero attached hydrogens (tertiary/aromatic N) is 3. The highest BCUT2D eigenvalue weighted by Crippen LogP contribution is 2.33. The number of ether oxygens (including phenoxy) is 1. The fraction of sp³-hybridized carbons (Fsp3) is 0.219. The summed E-state index contributed by atoms with van der Waals surface area (Å²) in [5, 5.41) is 8.33. The Labute approximate surface area is 250 Å². The molecule has 1 fully saturated rings. The van der Waals surface area contributed by atoms with Crippen molar-refractivity contribution in [3.05, 3.63) is 115 Å². The normalized spacial score (nSPS) is 14.4. The molecule has 5 nitrogen and oxygen atoms in total. The summed E-state index contributed by atoms with van der Waals surface area (Å²) in [7, 11) is 0. The molecule has 40 heavy (non-hydrogen) atoms. The van der Waals surface area contributed by atoms with Crippen LogP contribution in [-0.2, 0) is 6.61 Å². The lowest BCUT2D eigenvalue weighted by molar-refractivity contribution is 0.306. The summed E-state index contributed by atoms with van der Waals surface area (Å²) in [5.41, 5.74) is 2.19. The first-order chi connectivity index (χ1) is 19.5. The van der Waals surface area contributed by atoms with Crippen molar-refractivity contribution in [2.45, 2.75) is 44.6 Å². The molecule has 1 heterocycles. The molecule has 0 unspecified atom stereocenters. The third-order valence-corrected chi connectivity index (χ3v) is 8.65. The molecule has 0 bridgehead atoms. The lowest BCUT2D eigenvalue weighted by Crippen LogP contribution is -2.25. The minimum absolute atomic E-state index is 0.179. The van der Waals surface area contributed by atoms with E-state index in [4.69, 9.17) is 38.0 Å². The fourth-order valence-electron chi connectivity index (χ4n) is 5.34. The van der Waals surface area contributed by atoms with Gasteiger partial charge >= 0.3 is 0 Å². The van der Waals surface area contributed by atoms with Crippen LogP contribution in [0, 0.1) is 0 Å². The van der Waals surface area contributed by atoms with E-state index in [0.717, 1.165) is 52.1 Å². The van der Waals surface area contributed by atoms with Crippen molar-refractivity contribution in [2.75, 3.05) is 0 Å². The highest BCUT2D eigenvalue weighted by atomic mass is 79.9. The second kappa shape index (κ2) is 11.7. The van der Waals surface area contributed by atoms with Crippen molar-refractivity contribution in [3.63, 3.8) is 0 Å². The zero-order chi connectivity index (χ0) is 27.6. The Bertz CT molecular complexity index is 1810. The summed E-state index contributed by atoms with van der Waals surface area (Å²) in [6, 6.07) is 23.1. The van der Waals surface area contributed by atoms with Crippen LogP contribution in [0.3, 0.4) is 0 Å². The lowest BCUT2D eigenvalue weighted by atomic mass is 9.88. The Kier molecular flexibility index (Phi) is 7.92. The minimum atomic E-state index is -0.179. The van der Waals surface area contributed by atoms with E-state index < -0.39 is 0 Å². The molecular formula is C32H26BrCl2N3O2. The molecule has 202 valence electrons. The van der Waals surface area contributed by atoms with Gasteiger partial charge in [0.15, 0.2) is 0 Å². The zero-order valence-electron chi connectivity index (χ0n) is 21.6. The van der Waals surface area contributed by atoms with Gasteiger partial charge in [0, 0.05) is 16.0 Å². The van der Waals surface area contributed by atoms with Crippen LogP contribution in [-0.4, -0.2) is 15.9 Å². The molecule has 1 aliphatic rings. The van der Waals surface area contributed by atoms with E-state index in [2.05, 4.69) is 15.9 Å². The summed E-state index contributed by atoms with van der Waals surface area (Å²) < 4.78 is 8.60. The molecule has 0 saturated heterocycles. The van der Waals surface area contributed by atoms with Crippen LogP contribution in [0.1, 0.15) is 55.0 Å². The maximum Gasteiger partial charge on any atom is 0.282 e. The molecule has 1 saturated carbocycles. The van der Waals surface area contributed by atoms with E-state index in [9.17, 15) is 4.79 Å². The third-order valence-electron chi connectivity index (χ3n) is 7.42. The van der Waals surface area contributed by atoms with E-state index in [1.54, 1.807) is 18.3 Å². The first kappa shape index (κ1) is 27.0. The predicted octanol–water partition coefficient (Wildman–Crippen LogP) is 9.13. The molecule has 0 amide bonds. The maximum atomic E-state index is 13.8. The standard InChI is InChI=1S/C32H26BrCl2N3O2/c33-23-12-14-29-25(17-23)32(39)38(31(37-29)22-7-2-1-3-8-22)36-18-26-24-9-5-4-6-21(24)11-15-30(26)40-19-20-10-13-27(34)28(35)16-20/h4-6,9-18,22H,1-3,7-8,19H2. The second-order valence-electron chi connectivity index (χ2n) is 10.1. The van der Waals surface area contributed by atoms with Gasteiger partial charge in [-0.15, -0.1) is 0 Å². The number of rotatable bonds is 6. The topological polar surface area (TPSA) is 56.5 Å². The molecule has 5 aromatic rings. The summed E-state index contributed by atoms with van der Waals surface area (Å²) in [4.78, 5) is 18.8. The average molecular weight is 635 g/mol. The minimum Gasteiger partial charge on any atom is -0.488 e. The number of halogens is 3. The van der Waals surface area contributed by atoms with Crippen LogP contribution in [0.5, 0.6) is 5.75 Å². The van der Waals surface area contributed by atoms with Gasteiger partial charge in [-0.2, -0.15) is 9.78 Å². The molecule has 0 spiro atoms. The van der Waals surface area contributed by atoms with Crippen molar-refractivity contribution >= 4 is 67.0 Å². The van der Waals surface area contributed by atoms with E-state index >= 15 is 0 Å². The number of benzene rings is 4. The van der Waals surface area contributed by atoms with Gasteiger partial charge in [0.1, 0.15) is 18.2 Å². The van der Waals surface area contributed by atoms with Crippen molar-refractivity contribution in [1.82, 2.24) is 9.66 Å². The lowest BCUT2D eigenvalue weighted by Gasteiger charge is -2.23. The van der Waals surface area contributed by atoms with Crippen molar-refractivity contribution < 1.29 is 4.74 Å². The van der Waals surface area contributed by atoms with Gasteiger partial charge < -0.3 is 4.74 Å². The molecule has 0 atom stereocenters. The molecule has 0 aliphatic heterocycles. The third kappa shape index (κ3) is 5.53. The summed E-state index contributed by atoms with van der Waals surface area (Å²) >= 11 is 15.8. The number of aromatic nitrogens is 2. The second-order valence-corrected chi connectivity index (χ2v) is 11.8. The van der Waals surface area contributed by atoms with Crippen LogP contribution in [0.4, 0.5) is 0 Å². The van der Waals surface area contributed by atoms with Gasteiger partial charge in [-0.05, 0) is 65.6 Å². The number of hydrogen-bond acceptors (Lipinski definition) is 4. The van der Waals surface area contributed by atoms with Crippen LogP contribution in [0.25, 0.3) is 21.7 Å². The van der Waals surface area contributed by atoms with Gasteiger partial charge in [-0.1, -0.05) is 94.8 Å². The Morgan fingerprint density at radius 1 is 0.950 bits per heavy atom. The van der Waals surface area contributed by atoms with Gasteiger partial charge in [-0.25, -0.2) is 4.98 Å². The highest BCUT2D eigenvalue weighted by Gasteiger charge is 2.22. The van der Waals surface area contributed by atoms with Crippen LogP contribution in [0.15, 0.2) is 87.2 Å². The highest BCUT2D eigenvalue weighted by molar-refractivity contribution is 9.10. The maximum absolute atomic E-state index is 13.8. The molecule has 4 aromatic carbocycles. The summed E-state index contributed by atoms with van der Waals surface area (Å²) in [6.07, 6.45) is 7.18. The van der Waals surface area contributed by atoms with Crippen LogP contribution in [0.2, 0.25) is 10.0 Å². The molecular weight excluding hydrogens is 609 g/mol. The number of fused-ring (bicyclic) bond motifs is 2. The van der Waals surface area contributed by atoms with Crippen LogP contribution < -0.4 is 10.3 Å². The zero-order valence-corrected chi connectivity index (χ0v) is 24.7. The Morgan fingerprint density at radius 3 is 2.60 bits per heavy atom. The van der Waals surface area contributed by atoms with E-state index in [-0.39, 0.29) is 11.5 Å². The van der Waals surface area contributed by atoms with E-state index in [0.29, 0.717) is 39.1 Å². The van der Waals surface area contributed by atoms with Gasteiger partial charge in [-0.3, -0.25) is 4.79 Å². The smallest absolute Gasteiger partial charge is 0.282 e. The van der Waals surface area contributed by atoms with E-state index in [1.807, 2.05) is 60.7 Å². The molecule has 8 heteroatoms. The Balaban J connectivity index is 1.46. The largest absolute Gasteiger partial charge is 0.488 e. The molecule has 1 aromatic heterocycles. The quantitative estimate of drug-likeness (QED) is 0.175. The van der Waals surface area contributed by atoms with Gasteiger partial charge in [0.05, 0.1) is 27.2 Å². The van der Waals surface area contributed by atoms with Gasteiger partial charge in [0.2, 0.25) is 0 Å². The van der Waals surface area contributed by atoms with Crippen LogP contribution >= 0.6 is 39.1 Å². The molecule has 1 aliphatic carbocycles. The Morgan fingerprint density at radius 2 is 1.77 bits per heavy atom.